The summed E-state index contributed by atoms with van der Waals surface area (Å²) in [5.74, 6) is -0.119. The standard InChI is InChI=1S/C10H15N3O2/c1-13(5-6-15-2)10(14)8-3-4-12-7-9(8)11/h3-4,7H,5-6,11H2,1-2H3. The van der Waals surface area contributed by atoms with Gasteiger partial charge in [0.25, 0.3) is 5.91 Å². The SMILES string of the molecule is COCCN(C)C(=O)c1ccncc1N. The first-order valence-corrected chi connectivity index (χ1v) is 4.60. The number of ether oxygens (including phenoxy) is 1. The molecule has 0 spiro atoms. The Hall–Kier alpha value is -1.62. The molecule has 82 valence electrons. The molecule has 0 aromatic carbocycles. The highest BCUT2D eigenvalue weighted by Crippen LogP contribution is 2.10. The molecule has 5 heteroatoms. The third-order valence-corrected chi connectivity index (χ3v) is 2.06. The molecule has 1 rings (SSSR count). The minimum Gasteiger partial charge on any atom is -0.397 e. The summed E-state index contributed by atoms with van der Waals surface area (Å²) < 4.78 is 4.89. The lowest BCUT2D eigenvalue weighted by molar-refractivity contribution is 0.0745. The van der Waals surface area contributed by atoms with E-state index in [4.69, 9.17) is 10.5 Å². The Kier molecular flexibility index (Phi) is 4.05. The fourth-order valence-electron chi connectivity index (χ4n) is 1.14. The van der Waals surface area contributed by atoms with Gasteiger partial charge < -0.3 is 15.4 Å². The molecule has 0 aliphatic carbocycles. The fourth-order valence-corrected chi connectivity index (χ4v) is 1.14. The third kappa shape index (κ3) is 2.92. The molecule has 15 heavy (non-hydrogen) atoms. The van der Waals surface area contributed by atoms with E-state index in [1.165, 1.54) is 6.20 Å². The van der Waals surface area contributed by atoms with Crippen LogP contribution in [0.4, 0.5) is 5.69 Å². The summed E-state index contributed by atoms with van der Waals surface area (Å²) in [7, 11) is 3.31. The van der Waals surface area contributed by atoms with Gasteiger partial charge in [-0.1, -0.05) is 0 Å². The monoisotopic (exact) mass is 209 g/mol. The number of rotatable bonds is 4. The number of aromatic nitrogens is 1. The molecule has 5 nitrogen and oxygen atoms in total. The van der Waals surface area contributed by atoms with Crippen molar-refractivity contribution in [2.75, 3.05) is 33.0 Å². The Morgan fingerprint density at radius 1 is 1.67 bits per heavy atom. The van der Waals surface area contributed by atoms with Crippen molar-refractivity contribution in [1.29, 1.82) is 0 Å². The van der Waals surface area contributed by atoms with E-state index in [9.17, 15) is 4.79 Å². The lowest BCUT2D eigenvalue weighted by Crippen LogP contribution is -2.30. The van der Waals surface area contributed by atoms with Gasteiger partial charge in [-0.05, 0) is 6.07 Å². The predicted molar refractivity (Wildman–Crippen MR) is 57.5 cm³/mol. The summed E-state index contributed by atoms with van der Waals surface area (Å²) in [4.78, 5) is 17.2. The van der Waals surface area contributed by atoms with Crippen LogP contribution in [0.25, 0.3) is 0 Å². The van der Waals surface area contributed by atoms with E-state index in [2.05, 4.69) is 4.98 Å². The van der Waals surface area contributed by atoms with E-state index >= 15 is 0 Å². The number of nitrogens with two attached hydrogens (primary N) is 1. The number of methoxy groups -OCH3 is 1. The smallest absolute Gasteiger partial charge is 0.255 e. The largest absolute Gasteiger partial charge is 0.397 e. The van der Waals surface area contributed by atoms with Crippen molar-refractivity contribution in [1.82, 2.24) is 9.88 Å². The van der Waals surface area contributed by atoms with Crippen LogP contribution in [0.1, 0.15) is 10.4 Å². The van der Waals surface area contributed by atoms with Crippen LogP contribution >= 0.6 is 0 Å². The third-order valence-electron chi connectivity index (χ3n) is 2.06. The van der Waals surface area contributed by atoms with Crippen molar-refractivity contribution in [3.63, 3.8) is 0 Å². The zero-order valence-corrected chi connectivity index (χ0v) is 8.93. The zero-order valence-electron chi connectivity index (χ0n) is 8.93. The second-order valence-electron chi connectivity index (χ2n) is 3.18. The van der Waals surface area contributed by atoms with Crippen molar-refractivity contribution >= 4 is 11.6 Å². The average Bonchev–Trinajstić information content (AvgIpc) is 2.25. The summed E-state index contributed by atoms with van der Waals surface area (Å²) in [6.07, 6.45) is 3.02. The zero-order chi connectivity index (χ0) is 11.3. The Morgan fingerprint density at radius 3 is 3.00 bits per heavy atom. The van der Waals surface area contributed by atoms with E-state index in [0.717, 1.165) is 0 Å². The number of pyridine rings is 1. The van der Waals surface area contributed by atoms with E-state index in [-0.39, 0.29) is 5.91 Å². The van der Waals surface area contributed by atoms with Crippen LogP contribution in [0, 0.1) is 0 Å². The van der Waals surface area contributed by atoms with Gasteiger partial charge in [0.1, 0.15) is 0 Å². The summed E-state index contributed by atoms with van der Waals surface area (Å²) in [5.41, 5.74) is 6.52. The van der Waals surface area contributed by atoms with Crippen LogP contribution in [0.15, 0.2) is 18.5 Å². The van der Waals surface area contributed by atoms with Crippen LogP contribution in [-0.4, -0.2) is 43.1 Å². The maximum absolute atomic E-state index is 11.8. The molecule has 0 radical (unpaired) electrons. The first-order valence-electron chi connectivity index (χ1n) is 4.60. The summed E-state index contributed by atoms with van der Waals surface area (Å²) in [6, 6.07) is 1.61. The Morgan fingerprint density at radius 2 is 2.40 bits per heavy atom. The normalized spacial score (nSPS) is 10.0. The molecule has 0 unspecified atom stereocenters. The molecule has 1 aromatic rings. The summed E-state index contributed by atoms with van der Waals surface area (Å²) in [5, 5.41) is 0. The predicted octanol–water partition coefficient (Wildman–Crippen LogP) is 0.382. The van der Waals surface area contributed by atoms with Gasteiger partial charge in [-0.25, -0.2) is 0 Å². The minimum atomic E-state index is -0.119. The highest BCUT2D eigenvalue weighted by Gasteiger charge is 2.13. The molecule has 0 saturated carbocycles. The number of nitrogens with zero attached hydrogens (tertiary/aromatic N) is 2. The van der Waals surface area contributed by atoms with Gasteiger partial charge in [-0.15, -0.1) is 0 Å². The second-order valence-corrected chi connectivity index (χ2v) is 3.18. The first-order chi connectivity index (χ1) is 7.16. The number of hydrogen-bond acceptors (Lipinski definition) is 4. The van der Waals surface area contributed by atoms with Crippen LogP contribution in [0.2, 0.25) is 0 Å². The van der Waals surface area contributed by atoms with Gasteiger partial charge in [-0.3, -0.25) is 9.78 Å². The molecule has 2 N–H and O–H groups in total. The maximum atomic E-state index is 11.8. The highest BCUT2D eigenvalue weighted by molar-refractivity contribution is 5.98. The lowest BCUT2D eigenvalue weighted by atomic mass is 10.2. The summed E-state index contributed by atoms with van der Waals surface area (Å²) >= 11 is 0. The Balaban J connectivity index is 2.72. The summed E-state index contributed by atoms with van der Waals surface area (Å²) in [6.45, 7) is 1.05. The van der Waals surface area contributed by atoms with E-state index in [1.807, 2.05) is 0 Å². The molecule has 0 atom stereocenters. The van der Waals surface area contributed by atoms with E-state index in [1.54, 1.807) is 31.3 Å². The number of likely N-dealkylation sites (N-methyl/N-ethyl adjacent to an activating group) is 1. The van der Waals surface area contributed by atoms with E-state index < -0.39 is 0 Å². The molecule has 0 aliphatic heterocycles. The number of carbonyl (C=O) groups is 1. The van der Waals surface area contributed by atoms with Gasteiger partial charge in [0.2, 0.25) is 0 Å². The van der Waals surface area contributed by atoms with Crippen LogP contribution in [-0.2, 0) is 4.74 Å². The maximum Gasteiger partial charge on any atom is 0.255 e. The van der Waals surface area contributed by atoms with Gasteiger partial charge in [0.05, 0.1) is 24.1 Å². The van der Waals surface area contributed by atoms with Crippen LogP contribution in [0.3, 0.4) is 0 Å². The van der Waals surface area contributed by atoms with Gasteiger partial charge in [0.15, 0.2) is 0 Å². The number of nitrogen functional groups attached to an aromatic ring is 1. The lowest BCUT2D eigenvalue weighted by Gasteiger charge is -2.17. The van der Waals surface area contributed by atoms with E-state index in [0.29, 0.717) is 24.4 Å². The van der Waals surface area contributed by atoms with Gasteiger partial charge in [0, 0.05) is 26.9 Å². The van der Waals surface area contributed by atoms with Crippen molar-refractivity contribution in [3.8, 4) is 0 Å². The number of hydrogen-bond donors (Lipinski definition) is 1. The van der Waals surface area contributed by atoms with Crippen LogP contribution in [0.5, 0.6) is 0 Å². The molecule has 0 fully saturated rings. The van der Waals surface area contributed by atoms with Gasteiger partial charge >= 0.3 is 0 Å². The number of carbonyl (C=O) groups excluding carboxylic acids is 1. The van der Waals surface area contributed by atoms with Gasteiger partial charge in [-0.2, -0.15) is 0 Å². The molecular formula is C10H15N3O2. The molecule has 0 saturated heterocycles. The van der Waals surface area contributed by atoms with Crippen molar-refractivity contribution in [2.45, 2.75) is 0 Å². The van der Waals surface area contributed by atoms with Crippen LogP contribution < -0.4 is 5.73 Å². The van der Waals surface area contributed by atoms with Crippen molar-refractivity contribution in [2.24, 2.45) is 0 Å². The Labute approximate surface area is 88.9 Å². The highest BCUT2D eigenvalue weighted by atomic mass is 16.5. The number of anilines is 1. The fraction of sp³-hybridized carbons (Fsp3) is 0.400. The molecule has 1 amide bonds. The average molecular weight is 209 g/mol. The molecule has 0 bridgehead atoms. The van der Waals surface area contributed by atoms with Crippen molar-refractivity contribution < 1.29 is 9.53 Å². The number of amides is 1. The Bertz CT molecular complexity index is 341. The second kappa shape index (κ2) is 5.31. The minimum absolute atomic E-state index is 0.119. The molecular weight excluding hydrogens is 194 g/mol. The molecule has 1 aromatic heterocycles. The first kappa shape index (κ1) is 11.5. The molecule has 0 aliphatic rings. The quantitative estimate of drug-likeness (QED) is 0.778. The van der Waals surface area contributed by atoms with Crippen molar-refractivity contribution in [3.05, 3.63) is 24.0 Å². The molecule has 1 heterocycles. The topological polar surface area (TPSA) is 68.5 Å².